The zero-order valence-corrected chi connectivity index (χ0v) is 20.1. The number of hydrogen-bond donors (Lipinski definition) is 2. The van der Waals surface area contributed by atoms with E-state index < -0.39 is 0 Å². The zero-order valence-electron chi connectivity index (χ0n) is 17.0. The summed E-state index contributed by atoms with van der Waals surface area (Å²) in [5, 5.41) is 6.84. The Morgan fingerprint density at radius 2 is 2.15 bits per heavy atom. The lowest BCUT2D eigenvalue weighted by molar-refractivity contribution is 0.0205. The van der Waals surface area contributed by atoms with Gasteiger partial charge in [0.05, 0.1) is 0 Å². The van der Waals surface area contributed by atoms with Gasteiger partial charge in [-0.1, -0.05) is 0 Å². The van der Waals surface area contributed by atoms with Crippen molar-refractivity contribution >= 4 is 41.3 Å². The molecule has 1 fully saturated rings. The summed E-state index contributed by atoms with van der Waals surface area (Å²) in [4.78, 5) is 7.47. The molecule has 1 aromatic rings. The number of halogens is 1. The van der Waals surface area contributed by atoms with E-state index in [4.69, 9.17) is 9.47 Å². The molecule has 2 heterocycles. The zero-order chi connectivity index (χ0) is 18.6. The summed E-state index contributed by atoms with van der Waals surface area (Å²) in [5.41, 5.74) is 0. The highest BCUT2D eigenvalue weighted by atomic mass is 127. The van der Waals surface area contributed by atoms with Gasteiger partial charge in [0.2, 0.25) is 0 Å². The first kappa shape index (κ1) is 24.7. The number of nitrogens with zero attached hydrogens (tertiary/aromatic N) is 1. The van der Waals surface area contributed by atoms with Crippen LogP contribution in [0.5, 0.6) is 0 Å². The van der Waals surface area contributed by atoms with Gasteiger partial charge < -0.3 is 20.1 Å². The molecule has 1 aromatic heterocycles. The molecule has 2 rings (SSSR count). The number of ether oxygens (including phenoxy) is 2. The fourth-order valence-corrected chi connectivity index (χ4v) is 4.04. The molecule has 5 nitrogen and oxygen atoms in total. The Morgan fingerprint density at radius 3 is 2.81 bits per heavy atom. The van der Waals surface area contributed by atoms with E-state index in [0.717, 1.165) is 71.2 Å². The molecule has 1 atom stereocenters. The lowest BCUT2D eigenvalue weighted by atomic mass is 10.0. The second-order valence-electron chi connectivity index (χ2n) is 7.01. The van der Waals surface area contributed by atoms with Crippen molar-refractivity contribution in [2.75, 3.05) is 39.5 Å². The van der Waals surface area contributed by atoms with Gasteiger partial charge in [-0.2, -0.15) is 0 Å². The van der Waals surface area contributed by atoms with E-state index in [1.807, 2.05) is 11.3 Å². The first-order chi connectivity index (χ1) is 12.7. The topological polar surface area (TPSA) is 54.9 Å². The van der Waals surface area contributed by atoms with Crippen molar-refractivity contribution in [3.63, 3.8) is 0 Å². The van der Waals surface area contributed by atoms with Crippen LogP contribution in [0.2, 0.25) is 0 Å². The van der Waals surface area contributed by atoms with E-state index in [1.54, 1.807) is 0 Å². The summed E-state index contributed by atoms with van der Waals surface area (Å²) >= 11 is 1.87. The lowest BCUT2D eigenvalue weighted by Gasteiger charge is -2.21. The summed E-state index contributed by atoms with van der Waals surface area (Å²) in [5.74, 6) is 1.57. The van der Waals surface area contributed by atoms with Crippen LogP contribution < -0.4 is 10.6 Å². The maximum absolute atomic E-state index is 5.81. The summed E-state index contributed by atoms with van der Waals surface area (Å²) < 4.78 is 11.2. The third-order valence-electron chi connectivity index (χ3n) is 4.44. The van der Waals surface area contributed by atoms with Crippen LogP contribution in [0.15, 0.2) is 17.1 Å². The van der Waals surface area contributed by atoms with Gasteiger partial charge in [-0.05, 0) is 58.1 Å². The van der Waals surface area contributed by atoms with Gasteiger partial charge in [-0.25, -0.2) is 0 Å². The Labute approximate surface area is 185 Å². The minimum absolute atomic E-state index is 0. The number of thiophene rings is 1. The average molecular weight is 509 g/mol. The van der Waals surface area contributed by atoms with Crippen molar-refractivity contribution in [1.29, 1.82) is 0 Å². The molecule has 1 aliphatic rings. The number of rotatable bonds is 10. The fourth-order valence-electron chi connectivity index (χ4n) is 3.02. The van der Waals surface area contributed by atoms with Crippen molar-refractivity contribution in [2.45, 2.75) is 52.5 Å². The normalized spacial score (nSPS) is 16.6. The minimum atomic E-state index is 0. The fraction of sp³-hybridized carbons (Fsp3) is 0.750. The standard InChI is InChI=1S/C20H35N3O2S.HI/c1-4-21-20(23-16(2)14-19-7-6-17(3)26-19)22-10-5-11-25-15-18-8-12-24-13-9-18;/h6-7,16,18H,4-5,8-15H2,1-3H3,(H2,21,22,23);1H. The Balaban J connectivity index is 0.00000364. The van der Waals surface area contributed by atoms with Crippen molar-refractivity contribution in [3.8, 4) is 0 Å². The molecule has 1 aliphatic heterocycles. The average Bonchev–Trinajstić information content (AvgIpc) is 3.03. The number of guanidine groups is 1. The Morgan fingerprint density at radius 1 is 1.37 bits per heavy atom. The molecule has 0 aliphatic carbocycles. The maximum atomic E-state index is 5.81. The van der Waals surface area contributed by atoms with E-state index in [0.29, 0.717) is 12.0 Å². The molecule has 1 unspecified atom stereocenters. The summed E-state index contributed by atoms with van der Waals surface area (Å²) in [6.45, 7) is 11.5. The lowest BCUT2D eigenvalue weighted by Crippen LogP contribution is -2.43. The van der Waals surface area contributed by atoms with Crippen LogP contribution in [0, 0.1) is 12.8 Å². The molecule has 0 radical (unpaired) electrons. The molecule has 1 saturated heterocycles. The van der Waals surface area contributed by atoms with Crippen LogP contribution in [0.25, 0.3) is 0 Å². The molecule has 0 amide bonds. The Kier molecular flexibility index (Phi) is 13.3. The molecule has 7 heteroatoms. The van der Waals surface area contributed by atoms with E-state index in [9.17, 15) is 0 Å². The van der Waals surface area contributed by atoms with Gasteiger partial charge >= 0.3 is 0 Å². The molecule has 156 valence electrons. The smallest absolute Gasteiger partial charge is 0.191 e. The third-order valence-corrected chi connectivity index (χ3v) is 5.46. The van der Waals surface area contributed by atoms with Gasteiger partial charge in [0, 0.05) is 61.7 Å². The van der Waals surface area contributed by atoms with Crippen LogP contribution in [-0.4, -0.2) is 51.5 Å². The van der Waals surface area contributed by atoms with E-state index in [-0.39, 0.29) is 24.0 Å². The van der Waals surface area contributed by atoms with Gasteiger partial charge in [0.15, 0.2) is 5.96 Å². The van der Waals surface area contributed by atoms with Crippen molar-refractivity contribution in [1.82, 2.24) is 10.6 Å². The monoisotopic (exact) mass is 509 g/mol. The molecular formula is C20H36IN3O2S. The first-order valence-corrected chi connectivity index (χ1v) is 10.7. The third kappa shape index (κ3) is 10.7. The SMILES string of the molecule is CCNC(=NCCCOCC1CCOCC1)NC(C)Cc1ccc(C)s1.I. The van der Waals surface area contributed by atoms with Gasteiger partial charge in [-0.15, -0.1) is 35.3 Å². The van der Waals surface area contributed by atoms with Gasteiger partial charge in [-0.3, -0.25) is 4.99 Å². The summed E-state index contributed by atoms with van der Waals surface area (Å²) in [6.07, 6.45) is 4.25. The second kappa shape index (κ2) is 14.6. The Bertz CT molecular complexity index is 533. The Hall–Kier alpha value is -0.380. The van der Waals surface area contributed by atoms with Gasteiger partial charge in [0.25, 0.3) is 0 Å². The molecule has 27 heavy (non-hydrogen) atoms. The van der Waals surface area contributed by atoms with Crippen molar-refractivity contribution < 1.29 is 9.47 Å². The number of aryl methyl sites for hydroxylation is 1. The molecular weight excluding hydrogens is 473 g/mol. The highest BCUT2D eigenvalue weighted by Crippen LogP contribution is 2.16. The molecule has 2 N–H and O–H groups in total. The summed E-state index contributed by atoms with van der Waals surface area (Å²) in [6, 6.07) is 4.76. The first-order valence-electron chi connectivity index (χ1n) is 9.93. The largest absolute Gasteiger partial charge is 0.381 e. The quantitative estimate of drug-likeness (QED) is 0.217. The van der Waals surface area contributed by atoms with Gasteiger partial charge in [0.1, 0.15) is 0 Å². The summed E-state index contributed by atoms with van der Waals surface area (Å²) in [7, 11) is 0. The van der Waals surface area contributed by atoms with Crippen LogP contribution in [0.3, 0.4) is 0 Å². The number of nitrogens with one attached hydrogen (secondary N) is 2. The minimum Gasteiger partial charge on any atom is -0.381 e. The predicted octanol–water partition coefficient (Wildman–Crippen LogP) is 3.99. The number of hydrogen-bond acceptors (Lipinski definition) is 4. The highest BCUT2D eigenvalue weighted by Gasteiger charge is 2.13. The molecule has 0 saturated carbocycles. The van der Waals surface area contributed by atoms with E-state index >= 15 is 0 Å². The van der Waals surface area contributed by atoms with Crippen molar-refractivity contribution in [3.05, 3.63) is 21.9 Å². The molecule has 0 spiro atoms. The van der Waals surface area contributed by atoms with Crippen LogP contribution in [-0.2, 0) is 15.9 Å². The number of aliphatic imine (C=N–C) groups is 1. The van der Waals surface area contributed by atoms with E-state index in [2.05, 4.69) is 48.5 Å². The van der Waals surface area contributed by atoms with Crippen LogP contribution in [0.1, 0.15) is 42.9 Å². The molecule has 0 bridgehead atoms. The highest BCUT2D eigenvalue weighted by molar-refractivity contribution is 14.0. The van der Waals surface area contributed by atoms with E-state index in [1.165, 1.54) is 9.75 Å². The maximum Gasteiger partial charge on any atom is 0.191 e. The van der Waals surface area contributed by atoms with Crippen molar-refractivity contribution in [2.24, 2.45) is 10.9 Å². The van der Waals surface area contributed by atoms with Crippen LogP contribution in [0.4, 0.5) is 0 Å². The second-order valence-corrected chi connectivity index (χ2v) is 8.38. The predicted molar refractivity (Wildman–Crippen MR) is 126 cm³/mol. The molecule has 0 aromatic carbocycles. The van der Waals surface area contributed by atoms with Crippen LogP contribution >= 0.6 is 35.3 Å².